The molecule has 0 bridgehead atoms. The molecule has 17 heavy (non-hydrogen) atoms. The Morgan fingerprint density at radius 1 is 1.29 bits per heavy atom. The van der Waals surface area contributed by atoms with Gasteiger partial charge in [0.15, 0.2) is 0 Å². The van der Waals surface area contributed by atoms with E-state index in [2.05, 4.69) is 36.6 Å². The Bertz CT molecular complexity index is 315. The van der Waals surface area contributed by atoms with Crippen LogP contribution in [-0.2, 0) is 11.2 Å². The minimum absolute atomic E-state index is 0.379. The number of aryl methyl sites for hydroxylation is 2. The van der Waals surface area contributed by atoms with E-state index in [4.69, 9.17) is 10.6 Å². The van der Waals surface area contributed by atoms with E-state index in [9.17, 15) is 0 Å². The molecule has 3 N–H and O–H groups in total. The summed E-state index contributed by atoms with van der Waals surface area (Å²) in [5.41, 5.74) is 5.67. The minimum Gasteiger partial charge on any atom is -0.385 e. The molecule has 3 heteroatoms. The molecule has 0 fully saturated rings. The topological polar surface area (TPSA) is 47.3 Å². The molecule has 0 aliphatic heterocycles. The van der Waals surface area contributed by atoms with Gasteiger partial charge in [-0.05, 0) is 43.7 Å². The molecule has 96 valence electrons. The van der Waals surface area contributed by atoms with E-state index in [0.29, 0.717) is 6.04 Å². The molecule has 1 atom stereocenters. The van der Waals surface area contributed by atoms with Gasteiger partial charge in [-0.3, -0.25) is 11.3 Å². The lowest BCUT2D eigenvalue weighted by Gasteiger charge is -2.16. The zero-order chi connectivity index (χ0) is 12.5. The van der Waals surface area contributed by atoms with E-state index < -0.39 is 0 Å². The fourth-order valence-electron chi connectivity index (χ4n) is 2.01. The summed E-state index contributed by atoms with van der Waals surface area (Å²) in [5, 5.41) is 0. The third-order valence-corrected chi connectivity index (χ3v) is 3.16. The van der Waals surface area contributed by atoms with E-state index in [0.717, 1.165) is 32.3 Å². The number of methoxy groups -OCH3 is 1. The molecule has 0 aromatic heterocycles. The van der Waals surface area contributed by atoms with E-state index in [1.165, 1.54) is 11.1 Å². The monoisotopic (exact) mass is 236 g/mol. The second-order valence-electron chi connectivity index (χ2n) is 4.46. The second-order valence-corrected chi connectivity index (χ2v) is 4.46. The van der Waals surface area contributed by atoms with Gasteiger partial charge in [-0.15, -0.1) is 0 Å². The highest BCUT2D eigenvalue weighted by molar-refractivity contribution is 5.25. The largest absolute Gasteiger partial charge is 0.385 e. The summed E-state index contributed by atoms with van der Waals surface area (Å²) >= 11 is 0. The number of hydrazine groups is 1. The van der Waals surface area contributed by atoms with Gasteiger partial charge in [0.05, 0.1) is 0 Å². The van der Waals surface area contributed by atoms with E-state index in [1.54, 1.807) is 7.11 Å². The van der Waals surface area contributed by atoms with Gasteiger partial charge in [0.2, 0.25) is 0 Å². The maximum atomic E-state index is 5.57. The molecule has 0 spiro atoms. The third-order valence-electron chi connectivity index (χ3n) is 3.16. The van der Waals surface area contributed by atoms with Crippen LogP contribution in [0, 0.1) is 6.92 Å². The molecule has 0 aliphatic rings. The standard InChI is InChI=1S/C14H24N2O/c1-12-6-3-4-7-13(12)9-10-14(16-15)8-5-11-17-2/h3-4,6-7,14,16H,5,8-11,15H2,1-2H3. The van der Waals surface area contributed by atoms with Gasteiger partial charge in [-0.25, -0.2) is 0 Å². The van der Waals surface area contributed by atoms with Crippen molar-refractivity contribution in [2.24, 2.45) is 5.84 Å². The smallest absolute Gasteiger partial charge is 0.0462 e. The Balaban J connectivity index is 2.34. The van der Waals surface area contributed by atoms with Crippen molar-refractivity contribution in [2.75, 3.05) is 13.7 Å². The summed E-state index contributed by atoms with van der Waals surface area (Å²) in [5.74, 6) is 5.57. The summed E-state index contributed by atoms with van der Waals surface area (Å²) in [6.07, 6.45) is 4.27. The Hall–Kier alpha value is -0.900. The summed E-state index contributed by atoms with van der Waals surface area (Å²) in [6, 6.07) is 8.90. The van der Waals surface area contributed by atoms with Crippen LogP contribution in [0.3, 0.4) is 0 Å². The maximum absolute atomic E-state index is 5.57. The van der Waals surface area contributed by atoms with Crippen LogP contribution in [0.1, 0.15) is 30.4 Å². The quantitative estimate of drug-likeness (QED) is 0.413. The Kier molecular flexibility index (Phi) is 6.86. The first-order valence-electron chi connectivity index (χ1n) is 6.27. The fraction of sp³-hybridized carbons (Fsp3) is 0.571. The van der Waals surface area contributed by atoms with Crippen molar-refractivity contribution in [3.05, 3.63) is 35.4 Å². The average molecular weight is 236 g/mol. The Labute approximate surface area is 104 Å². The zero-order valence-electron chi connectivity index (χ0n) is 10.9. The lowest BCUT2D eigenvalue weighted by molar-refractivity contribution is 0.188. The van der Waals surface area contributed by atoms with Gasteiger partial charge >= 0.3 is 0 Å². The van der Waals surface area contributed by atoms with Crippen molar-refractivity contribution in [3.8, 4) is 0 Å². The highest BCUT2D eigenvalue weighted by Gasteiger charge is 2.07. The number of nitrogens with one attached hydrogen (secondary N) is 1. The molecular formula is C14H24N2O. The average Bonchev–Trinajstić information content (AvgIpc) is 2.35. The summed E-state index contributed by atoms with van der Waals surface area (Å²) in [7, 11) is 1.73. The van der Waals surface area contributed by atoms with Crippen LogP contribution in [0.2, 0.25) is 0 Å². The van der Waals surface area contributed by atoms with Crippen molar-refractivity contribution in [1.82, 2.24) is 5.43 Å². The van der Waals surface area contributed by atoms with Crippen molar-refractivity contribution in [2.45, 2.75) is 38.6 Å². The van der Waals surface area contributed by atoms with Crippen molar-refractivity contribution >= 4 is 0 Å². The summed E-state index contributed by atoms with van der Waals surface area (Å²) in [6.45, 7) is 2.97. The van der Waals surface area contributed by atoms with Gasteiger partial charge in [-0.1, -0.05) is 24.3 Å². The number of rotatable bonds is 8. The van der Waals surface area contributed by atoms with E-state index in [1.807, 2.05) is 0 Å². The fourth-order valence-corrected chi connectivity index (χ4v) is 2.01. The van der Waals surface area contributed by atoms with Crippen LogP contribution in [0.4, 0.5) is 0 Å². The van der Waals surface area contributed by atoms with Gasteiger partial charge < -0.3 is 4.74 Å². The van der Waals surface area contributed by atoms with Crippen LogP contribution < -0.4 is 11.3 Å². The Morgan fingerprint density at radius 3 is 2.71 bits per heavy atom. The van der Waals surface area contributed by atoms with Crippen LogP contribution in [0.25, 0.3) is 0 Å². The molecule has 0 saturated heterocycles. The first-order valence-corrected chi connectivity index (χ1v) is 6.27. The minimum atomic E-state index is 0.379. The van der Waals surface area contributed by atoms with E-state index >= 15 is 0 Å². The Morgan fingerprint density at radius 2 is 2.06 bits per heavy atom. The molecule has 3 nitrogen and oxygen atoms in total. The van der Waals surface area contributed by atoms with Crippen LogP contribution in [0.15, 0.2) is 24.3 Å². The molecule has 1 aromatic rings. The lowest BCUT2D eigenvalue weighted by atomic mass is 9.99. The molecule has 0 amide bonds. The molecule has 0 saturated carbocycles. The first-order chi connectivity index (χ1) is 8.27. The second kappa shape index (κ2) is 8.23. The zero-order valence-corrected chi connectivity index (χ0v) is 10.9. The molecule has 0 aliphatic carbocycles. The molecule has 0 heterocycles. The van der Waals surface area contributed by atoms with Gasteiger partial charge in [-0.2, -0.15) is 0 Å². The predicted molar refractivity (Wildman–Crippen MR) is 71.7 cm³/mol. The number of hydrogen-bond acceptors (Lipinski definition) is 3. The SMILES string of the molecule is COCCCC(CCc1ccccc1C)NN. The van der Waals surface area contributed by atoms with Crippen LogP contribution in [-0.4, -0.2) is 19.8 Å². The number of benzene rings is 1. The highest BCUT2D eigenvalue weighted by Crippen LogP contribution is 2.12. The van der Waals surface area contributed by atoms with Gasteiger partial charge in [0.25, 0.3) is 0 Å². The third kappa shape index (κ3) is 5.31. The van der Waals surface area contributed by atoms with Crippen molar-refractivity contribution < 1.29 is 4.74 Å². The summed E-state index contributed by atoms with van der Waals surface area (Å²) in [4.78, 5) is 0. The molecule has 1 aromatic carbocycles. The van der Waals surface area contributed by atoms with Crippen LogP contribution >= 0.6 is 0 Å². The van der Waals surface area contributed by atoms with Crippen LogP contribution in [0.5, 0.6) is 0 Å². The predicted octanol–water partition coefficient (Wildman–Crippen LogP) is 2.19. The van der Waals surface area contributed by atoms with Crippen molar-refractivity contribution in [1.29, 1.82) is 0 Å². The number of nitrogens with two attached hydrogens (primary N) is 1. The summed E-state index contributed by atoms with van der Waals surface area (Å²) < 4.78 is 5.05. The van der Waals surface area contributed by atoms with Crippen molar-refractivity contribution in [3.63, 3.8) is 0 Å². The first kappa shape index (κ1) is 14.2. The normalized spacial score (nSPS) is 12.6. The molecule has 0 radical (unpaired) electrons. The maximum Gasteiger partial charge on any atom is 0.0462 e. The van der Waals surface area contributed by atoms with E-state index in [-0.39, 0.29) is 0 Å². The number of ether oxygens (including phenoxy) is 1. The highest BCUT2D eigenvalue weighted by atomic mass is 16.5. The molecule has 1 unspecified atom stereocenters. The molecule has 1 rings (SSSR count). The van der Waals surface area contributed by atoms with Gasteiger partial charge in [0, 0.05) is 19.8 Å². The molecular weight excluding hydrogens is 212 g/mol. The number of hydrogen-bond donors (Lipinski definition) is 2. The van der Waals surface area contributed by atoms with Gasteiger partial charge in [0.1, 0.15) is 0 Å². The lowest BCUT2D eigenvalue weighted by Crippen LogP contribution is -2.35.